The molecule has 0 spiro atoms. The molecule has 0 aromatic rings. The predicted octanol–water partition coefficient (Wildman–Crippen LogP) is 1.36. The molecule has 0 bridgehead atoms. The summed E-state index contributed by atoms with van der Waals surface area (Å²) >= 11 is 0. The SMILES string of the molecule is [C-]#[N+]C1CC(OC(O)C(C)(C)CC)COC1=O. The van der Waals surface area contributed by atoms with Crippen LogP contribution in [-0.4, -0.2) is 36.1 Å². The number of ether oxygens (including phenoxy) is 2. The monoisotopic (exact) mass is 241 g/mol. The molecule has 1 aliphatic heterocycles. The third-order valence-corrected chi connectivity index (χ3v) is 3.23. The van der Waals surface area contributed by atoms with Crippen LogP contribution in [0.4, 0.5) is 0 Å². The lowest BCUT2D eigenvalue weighted by Gasteiger charge is -2.33. The smallest absolute Gasteiger partial charge is 0.390 e. The second kappa shape index (κ2) is 5.48. The van der Waals surface area contributed by atoms with Gasteiger partial charge in [0, 0.05) is 5.41 Å². The molecular weight excluding hydrogens is 222 g/mol. The van der Waals surface area contributed by atoms with Gasteiger partial charge in [-0.25, -0.2) is 11.4 Å². The van der Waals surface area contributed by atoms with Crippen LogP contribution < -0.4 is 0 Å². The van der Waals surface area contributed by atoms with Gasteiger partial charge in [-0.1, -0.05) is 20.8 Å². The number of hydrogen-bond acceptors (Lipinski definition) is 4. The standard InChI is InChI=1S/C12H19NO4/c1-5-12(2,3)11(15)17-8-6-9(13-4)10(14)16-7-8/h8-9,11,15H,5-7H2,1-3H3. The summed E-state index contributed by atoms with van der Waals surface area (Å²) in [6.07, 6.45) is -0.250. The normalized spacial score (nSPS) is 27.1. The number of nitrogens with zero attached hydrogens (tertiary/aromatic N) is 1. The Morgan fingerprint density at radius 1 is 1.71 bits per heavy atom. The lowest BCUT2D eigenvalue weighted by Crippen LogP contribution is -2.42. The molecule has 0 radical (unpaired) electrons. The predicted molar refractivity (Wildman–Crippen MR) is 60.9 cm³/mol. The molecule has 1 fully saturated rings. The highest BCUT2D eigenvalue weighted by Gasteiger charge is 2.38. The van der Waals surface area contributed by atoms with E-state index in [-0.39, 0.29) is 12.0 Å². The van der Waals surface area contributed by atoms with Gasteiger partial charge in [0.05, 0.1) is 6.42 Å². The van der Waals surface area contributed by atoms with Crippen molar-refractivity contribution in [3.8, 4) is 0 Å². The summed E-state index contributed by atoms with van der Waals surface area (Å²) in [4.78, 5) is 14.3. The second-order valence-electron chi connectivity index (χ2n) is 4.96. The van der Waals surface area contributed by atoms with E-state index in [1.807, 2.05) is 20.8 Å². The van der Waals surface area contributed by atoms with Gasteiger partial charge in [0.2, 0.25) is 0 Å². The van der Waals surface area contributed by atoms with E-state index in [9.17, 15) is 9.90 Å². The summed E-state index contributed by atoms with van der Waals surface area (Å²) in [5.74, 6) is -0.496. The van der Waals surface area contributed by atoms with Crippen molar-refractivity contribution >= 4 is 5.97 Å². The number of aliphatic hydroxyl groups is 1. The van der Waals surface area contributed by atoms with Crippen molar-refractivity contribution in [1.82, 2.24) is 0 Å². The maximum atomic E-state index is 11.2. The van der Waals surface area contributed by atoms with Crippen molar-refractivity contribution < 1.29 is 19.4 Å². The number of rotatable bonds is 4. The molecule has 1 aliphatic rings. The van der Waals surface area contributed by atoms with Crippen LogP contribution in [0.15, 0.2) is 0 Å². The molecule has 0 saturated carbocycles. The molecule has 0 aromatic heterocycles. The van der Waals surface area contributed by atoms with Crippen LogP contribution in [0.3, 0.4) is 0 Å². The van der Waals surface area contributed by atoms with E-state index in [0.717, 1.165) is 6.42 Å². The first-order chi connectivity index (χ1) is 7.90. The van der Waals surface area contributed by atoms with Crippen molar-refractivity contribution in [3.63, 3.8) is 0 Å². The van der Waals surface area contributed by atoms with Gasteiger partial charge in [-0.2, -0.15) is 0 Å². The zero-order valence-corrected chi connectivity index (χ0v) is 10.5. The summed E-state index contributed by atoms with van der Waals surface area (Å²) in [5.41, 5.74) is -0.352. The topological polar surface area (TPSA) is 60.1 Å². The molecule has 96 valence electrons. The molecular formula is C12H19NO4. The van der Waals surface area contributed by atoms with Crippen molar-refractivity contribution in [2.24, 2.45) is 5.41 Å². The van der Waals surface area contributed by atoms with Crippen molar-refractivity contribution in [1.29, 1.82) is 0 Å². The molecule has 3 atom stereocenters. The van der Waals surface area contributed by atoms with E-state index in [4.69, 9.17) is 16.0 Å². The fourth-order valence-electron chi connectivity index (χ4n) is 1.43. The van der Waals surface area contributed by atoms with Crippen molar-refractivity contribution in [2.45, 2.75) is 52.0 Å². The maximum absolute atomic E-state index is 11.2. The van der Waals surface area contributed by atoms with Gasteiger partial charge in [-0.15, -0.1) is 0 Å². The molecule has 0 aliphatic carbocycles. The molecule has 1 heterocycles. The fourth-order valence-corrected chi connectivity index (χ4v) is 1.43. The zero-order chi connectivity index (χ0) is 13.1. The van der Waals surface area contributed by atoms with E-state index in [1.165, 1.54) is 0 Å². The lowest BCUT2D eigenvalue weighted by atomic mass is 9.89. The van der Waals surface area contributed by atoms with Crippen LogP contribution in [0.25, 0.3) is 4.85 Å². The second-order valence-corrected chi connectivity index (χ2v) is 4.96. The molecule has 17 heavy (non-hydrogen) atoms. The van der Waals surface area contributed by atoms with E-state index in [1.54, 1.807) is 0 Å². The van der Waals surface area contributed by atoms with Gasteiger partial charge in [0.1, 0.15) is 12.7 Å². The Morgan fingerprint density at radius 3 is 2.88 bits per heavy atom. The fraction of sp³-hybridized carbons (Fsp3) is 0.833. The molecule has 5 heteroatoms. The molecule has 1 rings (SSSR count). The Morgan fingerprint density at radius 2 is 2.35 bits per heavy atom. The van der Waals surface area contributed by atoms with Crippen LogP contribution in [0.2, 0.25) is 0 Å². The minimum atomic E-state index is -0.916. The summed E-state index contributed by atoms with van der Waals surface area (Å²) < 4.78 is 10.3. The number of carbonyl (C=O) groups is 1. The average molecular weight is 241 g/mol. The Hall–Kier alpha value is -1.12. The Bertz CT molecular complexity index is 321. The Kier molecular flexibility index (Phi) is 4.49. The first-order valence-electron chi connectivity index (χ1n) is 5.77. The highest BCUT2D eigenvalue weighted by molar-refractivity contribution is 5.78. The minimum absolute atomic E-state index is 0.113. The molecule has 3 unspecified atom stereocenters. The highest BCUT2D eigenvalue weighted by atomic mass is 16.6. The molecule has 1 saturated heterocycles. The number of hydrogen-bond donors (Lipinski definition) is 1. The van der Waals surface area contributed by atoms with Gasteiger partial charge in [0.25, 0.3) is 0 Å². The lowest BCUT2D eigenvalue weighted by molar-refractivity contribution is -0.213. The van der Waals surface area contributed by atoms with Crippen molar-refractivity contribution in [2.75, 3.05) is 6.61 Å². The number of esters is 1. The number of cyclic esters (lactones) is 1. The molecule has 1 N–H and O–H groups in total. The highest BCUT2D eigenvalue weighted by Crippen LogP contribution is 2.28. The quantitative estimate of drug-likeness (QED) is 0.458. The van der Waals surface area contributed by atoms with Gasteiger partial charge in [0.15, 0.2) is 6.29 Å². The van der Waals surface area contributed by atoms with E-state index < -0.39 is 24.4 Å². The summed E-state index contributed by atoms with van der Waals surface area (Å²) in [7, 11) is 0. The van der Waals surface area contributed by atoms with Crippen LogP contribution in [0, 0.1) is 12.0 Å². The van der Waals surface area contributed by atoms with Crippen LogP contribution >= 0.6 is 0 Å². The van der Waals surface area contributed by atoms with Crippen LogP contribution in [0.1, 0.15) is 33.6 Å². The third-order valence-electron chi connectivity index (χ3n) is 3.23. The van der Waals surface area contributed by atoms with Crippen molar-refractivity contribution in [3.05, 3.63) is 11.4 Å². The van der Waals surface area contributed by atoms with E-state index >= 15 is 0 Å². The van der Waals surface area contributed by atoms with Gasteiger partial charge in [-0.3, -0.25) is 0 Å². The third kappa shape index (κ3) is 3.42. The first kappa shape index (κ1) is 13.9. The number of aliphatic hydroxyl groups excluding tert-OH is 1. The largest absolute Gasteiger partial charge is 0.457 e. The minimum Gasteiger partial charge on any atom is -0.457 e. The van der Waals surface area contributed by atoms with E-state index in [0.29, 0.717) is 6.42 Å². The van der Waals surface area contributed by atoms with Gasteiger partial charge in [-0.05, 0) is 6.42 Å². The summed E-state index contributed by atoms with van der Waals surface area (Å²) in [6.45, 7) is 12.7. The van der Waals surface area contributed by atoms with E-state index in [2.05, 4.69) is 4.85 Å². The summed E-state index contributed by atoms with van der Waals surface area (Å²) in [5, 5.41) is 9.91. The van der Waals surface area contributed by atoms with Crippen LogP contribution in [0.5, 0.6) is 0 Å². The maximum Gasteiger partial charge on any atom is 0.390 e. The van der Waals surface area contributed by atoms with Crippen LogP contribution in [-0.2, 0) is 14.3 Å². The molecule has 0 aromatic carbocycles. The number of carbonyl (C=O) groups excluding carboxylic acids is 1. The Labute approximate surface area is 102 Å². The zero-order valence-electron chi connectivity index (χ0n) is 10.5. The summed E-state index contributed by atoms with van der Waals surface area (Å²) in [6, 6.07) is -0.800. The molecule has 5 nitrogen and oxygen atoms in total. The van der Waals surface area contributed by atoms with Gasteiger partial charge < -0.3 is 19.4 Å². The van der Waals surface area contributed by atoms with Gasteiger partial charge >= 0.3 is 12.0 Å². The molecule has 0 amide bonds. The Balaban J connectivity index is 2.54. The first-order valence-corrected chi connectivity index (χ1v) is 5.77. The average Bonchev–Trinajstić information content (AvgIpc) is 2.31.